The molecule has 2 rings (SSSR count). The number of benzene rings is 1. The largest absolute Gasteiger partial charge is 0.380 e. The molecule has 0 aliphatic rings. The molecule has 0 saturated heterocycles. The molecule has 1 amide bonds. The van der Waals surface area contributed by atoms with Crippen molar-refractivity contribution in [2.75, 3.05) is 5.32 Å². The van der Waals surface area contributed by atoms with Crippen molar-refractivity contribution in [2.24, 2.45) is 0 Å². The molecule has 0 fully saturated rings. The molecule has 0 spiro atoms. The van der Waals surface area contributed by atoms with Gasteiger partial charge >= 0.3 is 0 Å². The molecule has 113 valence electrons. The number of amides is 1. The minimum absolute atomic E-state index is 0. The second-order valence-electron chi connectivity index (χ2n) is 5.31. The number of carbonyl (C=O) groups is 1. The SMILES string of the molecule is Cc1[c-]cc(NC(=O)[C@@](C)(O)CCc2ccccn2)cc1.[Y]. The third-order valence-electron chi connectivity index (χ3n) is 3.31. The maximum Gasteiger partial charge on any atom is 0.245 e. The van der Waals surface area contributed by atoms with E-state index in [-0.39, 0.29) is 32.7 Å². The summed E-state index contributed by atoms with van der Waals surface area (Å²) in [5, 5.41) is 13.0. The van der Waals surface area contributed by atoms with Crippen molar-refractivity contribution in [1.29, 1.82) is 0 Å². The number of aromatic nitrogens is 1. The summed E-state index contributed by atoms with van der Waals surface area (Å²) in [6.07, 6.45) is 2.55. The second-order valence-corrected chi connectivity index (χ2v) is 5.31. The van der Waals surface area contributed by atoms with Crippen LogP contribution < -0.4 is 5.32 Å². The number of pyridine rings is 1. The van der Waals surface area contributed by atoms with Crippen LogP contribution in [0.4, 0.5) is 5.69 Å². The normalized spacial score (nSPS) is 12.9. The van der Waals surface area contributed by atoms with Crippen molar-refractivity contribution >= 4 is 11.6 Å². The van der Waals surface area contributed by atoms with E-state index in [4.69, 9.17) is 0 Å². The molecule has 0 bridgehead atoms. The summed E-state index contributed by atoms with van der Waals surface area (Å²) in [6.45, 7) is 3.44. The van der Waals surface area contributed by atoms with Gasteiger partial charge in [0.15, 0.2) is 0 Å². The average molecular weight is 372 g/mol. The van der Waals surface area contributed by atoms with Crippen LogP contribution in [0.3, 0.4) is 0 Å². The van der Waals surface area contributed by atoms with Gasteiger partial charge < -0.3 is 10.4 Å². The van der Waals surface area contributed by atoms with Crippen molar-refractivity contribution in [1.82, 2.24) is 4.98 Å². The summed E-state index contributed by atoms with van der Waals surface area (Å²) < 4.78 is 0. The van der Waals surface area contributed by atoms with Crippen LogP contribution in [0.1, 0.15) is 24.6 Å². The van der Waals surface area contributed by atoms with Crippen LogP contribution in [0, 0.1) is 13.0 Å². The number of anilines is 1. The van der Waals surface area contributed by atoms with Crippen LogP contribution in [0.2, 0.25) is 0 Å². The number of hydrogen-bond donors (Lipinski definition) is 2. The average Bonchev–Trinajstić information content (AvgIpc) is 2.48. The Labute approximate surface area is 156 Å². The molecule has 0 aliphatic carbocycles. The van der Waals surface area contributed by atoms with Crippen LogP contribution in [0.15, 0.2) is 42.6 Å². The fourth-order valence-electron chi connectivity index (χ4n) is 1.88. The molecule has 1 radical (unpaired) electrons. The van der Waals surface area contributed by atoms with Crippen LogP contribution in [-0.4, -0.2) is 21.6 Å². The van der Waals surface area contributed by atoms with Gasteiger partial charge in [-0.2, -0.15) is 23.8 Å². The molecule has 1 aromatic heterocycles. The number of aryl methyl sites for hydroxylation is 2. The summed E-state index contributed by atoms with van der Waals surface area (Å²) in [5.74, 6) is -0.421. The van der Waals surface area contributed by atoms with E-state index < -0.39 is 11.5 Å². The Hall–Kier alpha value is -1.10. The summed E-state index contributed by atoms with van der Waals surface area (Å²) in [4.78, 5) is 16.3. The summed E-state index contributed by atoms with van der Waals surface area (Å²) in [6, 6.07) is 14.0. The molecule has 2 aromatic rings. The predicted octanol–water partition coefficient (Wildman–Crippen LogP) is 2.51. The Morgan fingerprint density at radius 3 is 2.73 bits per heavy atom. The molecule has 0 unspecified atom stereocenters. The molecule has 2 N–H and O–H groups in total. The molecule has 5 heteroatoms. The standard InChI is InChI=1S/C17H19N2O2.Y/c1-13-6-8-15(9-7-13)19-16(20)17(2,21)11-10-14-5-3-4-12-18-14;/h3-6,8-9,12,21H,10-11H2,1-2H3,(H,19,20);/q-1;/t17-;/m0./s1. The number of aliphatic hydroxyl groups is 1. The van der Waals surface area contributed by atoms with Gasteiger partial charge in [-0.1, -0.05) is 18.7 Å². The van der Waals surface area contributed by atoms with E-state index in [0.717, 1.165) is 11.3 Å². The van der Waals surface area contributed by atoms with Crippen molar-refractivity contribution in [3.05, 3.63) is 59.9 Å². The van der Waals surface area contributed by atoms with Crippen molar-refractivity contribution in [3.8, 4) is 0 Å². The zero-order chi connectivity index (χ0) is 15.3. The number of carbonyl (C=O) groups excluding carboxylic acids is 1. The van der Waals surface area contributed by atoms with Gasteiger partial charge in [0.1, 0.15) is 5.60 Å². The molecule has 0 aliphatic heterocycles. The van der Waals surface area contributed by atoms with Gasteiger partial charge in [-0.25, -0.2) is 0 Å². The zero-order valence-electron chi connectivity index (χ0n) is 12.8. The third kappa shape index (κ3) is 5.60. The van der Waals surface area contributed by atoms with Crippen LogP contribution in [0.25, 0.3) is 0 Å². The van der Waals surface area contributed by atoms with Gasteiger partial charge in [0.25, 0.3) is 0 Å². The molecule has 22 heavy (non-hydrogen) atoms. The quantitative estimate of drug-likeness (QED) is 0.793. The Balaban J connectivity index is 0.00000242. The molecule has 1 aromatic carbocycles. The first-order valence-corrected chi connectivity index (χ1v) is 6.89. The number of nitrogens with zero attached hydrogens (tertiary/aromatic N) is 1. The summed E-state index contributed by atoms with van der Waals surface area (Å²) >= 11 is 0. The van der Waals surface area contributed by atoms with E-state index in [1.165, 1.54) is 6.92 Å². The fraction of sp³-hybridized carbons (Fsp3) is 0.294. The van der Waals surface area contributed by atoms with E-state index in [2.05, 4.69) is 16.4 Å². The monoisotopic (exact) mass is 372 g/mol. The van der Waals surface area contributed by atoms with Crippen LogP contribution >= 0.6 is 0 Å². The Morgan fingerprint density at radius 2 is 2.14 bits per heavy atom. The summed E-state index contributed by atoms with van der Waals surface area (Å²) in [7, 11) is 0. The molecule has 1 atom stereocenters. The molecule has 4 nitrogen and oxygen atoms in total. The molecular weight excluding hydrogens is 353 g/mol. The summed E-state index contributed by atoms with van der Waals surface area (Å²) in [5.41, 5.74) is 1.04. The Morgan fingerprint density at radius 1 is 1.36 bits per heavy atom. The minimum atomic E-state index is -1.44. The smallest absolute Gasteiger partial charge is 0.245 e. The number of nitrogens with one attached hydrogen (secondary N) is 1. The first kappa shape index (κ1) is 19.0. The van der Waals surface area contributed by atoms with Gasteiger partial charge in [-0.3, -0.25) is 9.78 Å². The van der Waals surface area contributed by atoms with E-state index in [1.54, 1.807) is 18.3 Å². The van der Waals surface area contributed by atoms with Crippen LogP contribution in [-0.2, 0) is 43.9 Å². The van der Waals surface area contributed by atoms with E-state index >= 15 is 0 Å². The van der Waals surface area contributed by atoms with E-state index in [9.17, 15) is 9.90 Å². The first-order valence-electron chi connectivity index (χ1n) is 6.89. The predicted molar refractivity (Wildman–Crippen MR) is 81.8 cm³/mol. The Kier molecular flexibility index (Phi) is 7.33. The van der Waals surface area contributed by atoms with Gasteiger partial charge in [0.2, 0.25) is 5.91 Å². The molecule has 0 saturated carbocycles. The number of hydrogen-bond acceptors (Lipinski definition) is 3. The Bertz CT molecular complexity index is 598. The third-order valence-corrected chi connectivity index (χ3v) is 3.31. The van der Waals surface area contributed by atoms with Gasteiger partial charge in [-0.05, 0) is 31.9 Å². The maximum absolute atomic E-state index is 12.1. The van der Waals surface area contributed by atoms with E-state index in [0.29, 0.717) is 18.5 Å². The van der Waals surface area contributed by atoms with Gasteiger partial charge in [0, 0.05) is 44.6 Å². The minimum Gasteiger partial charge on any atom is -0.380 e. The zero-order valence-corrected chi connectivity index (χ0v) is 15.7. The molecular formula is C17H19N2O2Y-. The van der Waals surface area contributed by atoms with E-state index in [1.807, 2.05) is 31.2 Å². The van der Waals surface area contributed by atoms with Gasteiger partial charge in [0.05, 0.1) is 0 Å². The number of rotatable bonds is 5. The topological polar surface area (TPSA) is 62.2 Å². The van der Waals surface area contributed by atoms with Crippen LogP contribution in [0.5, 0.6) is 0 Å². The first-order chi connectivity index (χ1) is 9.97. The maximum atomic E-state index is 12.1. The molecule has 1 heterocycles. The van der Waals surface area contributed by atoms with Crippen molar-refractivity contribution in [2.45, 2.75) is 32.3 Å². The van der Waals surface area contributed by atoms with Crippen molar-refractivity contribution in [3.63, 3.8) is 0 Å². The van der Waals surface area contributed by atoms with Crippen molar-refractivity contribution < 1.29 is 42.6 Å². The van der Waals surface area contributed by atoms with Gasteiger partial charge in [-0.15, -0.1) is 6.07 Å². The fourth-order valence-corrected chi connectivity index (χ4v) is 1.88. The second kappa shape index (κ2) is 8.51.